The lowest BCUT2D eigenvalue weighted by Gasteiger charge is -2.29. The minimum Gasteiger partial charge on any atom is -0.378 e. The standard InChI is InChI=1S/C21H34N4O2/c1-5-27-19(16(2)3)12-13-23-21(22-4)24-15-20(26)25-14-8-10-17-9-6-7-11-18(17)25/h6-7,9,11,16,19H,5,8,10,12-15H2,1-4H3,(H2,22,23,24). The van der Waals surface area contributed by atoms with Crippen molar-refractivity contribution in [2.75, 3.05) is 38.2 Å². The molecule has 2 rings (SSSR count). The maximum absolute atomic E-state index is 12.7. The third-order valence-corrected chi connectivity index (χ3v) is 4.89. The van der Waals surface area contributed by atoms with Gasteiger partial charge in [-0.25, -0.2) is 0 Å². The van der Waals surface area contributed by atoms with Gasteiger partial charge in [0.1, 0.15) is 0 Å². The lowest BCUT2D eigenvalue weighted by Crippen LogP contribution is -2.46. The topological polar surface area (TPSA) is 66.0 Å². The summed E-state index contributed by atoms with van der Waals surface area (Å²) in [7, 11) is 1.72. The number of benzene rings is 1. The first-order valence-electron chi connectivity index (χ1n) is 10.0. The number of nitrogens with one attached hydrogen (secondary N) is 2. The average molecular weight is 375 g/mol. The number of ether oxygens (including phenoxy) is 1. The van der Waals surface area contributed by atoms with Gasteiger partial charge in [-0.05, 0) is 43.7 Å². The average Bonchev–Trinajstić information content (AvgIpc) is 2.68. The maximum atomic E-state index is 12.7. The molecule has 6 heteroatoms. The van der Waals surface area contributed by atoms with Crippen LogP contribution in [0.25, 0.3) is 0 Å². The van der Waals surface area contributed by atoms with E-state index in [9.17, 15) is 4.79 Å². The molecule has 150 valence electrons. The van der Waals surface area contributed by atoms with Gasteiger partial charge in [0.05, 0.1) is 12.6 Å². The molecule has 2 N–H and O–H groups in total. The lowest BCUT2D eigenvalue weighted by atomic mass is 10.0. The number of hydrogen-bond acceptors (Lipinski definition) is 3. The third-order valence-electron chi connectivity index (χ3n) is 4.89. The zero-order valence-electron chi connectivity index (χ0n) is 17.1. The second-order valence-corrected chi connectivity index (χ2v) is 7.16. The Hall–Kier alpha value is -2.08. The number of guanidine groups is 1. The van der Waals surface area contributed by atoms with E-state index in [1.807, 2.05) is 30.0 Å². The Labute approximate surface area is 163 Å². The highest BCUT2D eigenvalue weighted by atomic mass is 16.5. The summed E-state index contributed by atoms with van der Waals surface area (Å²) in [4.78, 5) is 18.8. The van der Waals surface area contributed by atoms with Crippen LogP contribution in [0.2, 0.25) is 0 Å². The van der Waals surface area contributed by atoms with Crippen LogP contribution in [0, 0.1) is 5.92 Å². The molecule has 0 aromatic heterocycles. The molecule has 0 saturated carbocycles. The number of rotatable bonds is 8. The van der Waals surface area contributed by atoms with Crippen LogP contribution >= 0.6 is 0 Å². The number of aliphatic imine (C=N–C) groups is 1. The van der Waals surface area contributed by atoms with E-state index in [4.69, 9.17) is 4.74 Å². The van der Waals surface area contributed by atoms with Crippen molar-refractivity contribution in [3.05, 3.63) is 29.8 Å². The monoisotopic (exact) mass is 374 g/mol. The predicted molar refractivity (Wildman–Crippen MR) is 111 cm³/mol. The highest BCUT2D eigenvalue weighted by molar-refractivity contribution is 5.98. The van der Waals surface area contributed by atoms with E-state index in [0.29, 0.717) is 11.9 Å². The Morgan fingerprint density at radius 3 is 2.78 bits per heavy atom. The van der Waals surface area contributed by atoms with Crippen LogP contribution in [-0.4, -0.2) is 51.3 Å². The van der Waals surface area contributed by atoms with Crippen LogP contribution < -0.4 is 15.5 Å². The number of carbonyl (C=O) groups is 1. The first-order valence-corrected chi connectivity index (χ1v) is 10.0. The van der Waals surface area contributed by atoms with Crippen molar-refractivity contribution in [3.63, 3.8) is 0 Å². The molecule has 0 fully saturated rings. The summed E-state index contributed by atoms with van der Waals surface area (Å²) < 4.78 is 5.77. The number of nitrogens with zero attached hydrogens (tertiary/aromatic N) is 2. The summed E-state index contributed by atoms with van der Waals surface area (Å²) >= 11 is 0. The number of amides is 1. The molecule has 0 spiro atoms. The Kier molecular flexibility index (Phi) is 8.58. The summed E-state index contributed by atoms with van der Waals surface area (Å²) in [5.74, 6) is 1.19. The third kappa shape index (κ3) is 6.24. The molecule has 1 aromatic carbocycles. The molecule has 27 heavy (non-hydrogen) atoms. The summed E-state index contributed by atoms with van der Waals surface area (Å²) in [5.41, 5.74) is 2.28. The molecule has 0 radical (unpaired) electrons. The molecule has 1 unspecified atom stereocenters. The van der Waals surface area contributed by atoms with Crippen molar-refractivity contribution in [1.29, 1.82) is 0 Å². The molecular weight excluding hydrogens is 340 g/mol. The van der Waals surface area contributed by atoms with Gasteiger partial charge in [0, 0.05) is 32.4 Å². The van der Waals surface area contributed by atoms with Crippen LogP contribution in [-0.2, 0) is 16.0 Å². The van der Waals surface area contributed by atoms with Crippen molar-refractivity contribution >= 4 is 17.6 Å². The minimum atomic E-state index is 0.0690. The number of hydrogen-bond donors (Lipinski definition) is 2. The predicted octanol–water partition coefficient (Wildman–Crippen LogP) is 2.58. The minimum absolute atomic E-state index is 0.0690. The molecule has 1 aliphatic heterocycles. The SMILES string of the molecule is CCOC(CCNC(=NC)NCC(=O)N1CCCc2ccccc21)C(C)C. The number of aryl methyl sites for hydroxylation is 1. The fraction of sp³-hybridized carbons (Fsp3) is 0.619. The van der Waals surface area contributed by atoms with Crippen LogP contribution in [0.5, 0.6) is 0 Å². The molecule has 6 nitrogen and oxygen atoms in total. The van der Waals surface area contributed by atoms with Crippen LogP contribution in [0.3, 0.4) is 0 Å². The molecule has 1 heterocycles. The fourth-order valence-corrected chi connectivity index (χ4v) is 3.42. The van der Waals surface area contributed by atoms with E-state index in [1.165, 1.54) is 5.56 Å². The van der Waals surface area contributed by atoms with Crippen molar-refractivity contribution in [2.24, 2.45) is 10.9 Å². The zero-order valence-corrected chi connectivity index (χ0v) is 17.1. The van der Waals surface area contributed by atoms with Gasteiger partial charge < -0.3 is 20.3 Å². The smallest absolute Gasteiger partial charge is 0.246 e. The van der Waals surface area contributed by atoms with Crippen molar-refractivity contribution in [1.82, 2.24) is 10.6 Å². The normalized spacial score (nSPS) is 15.4. The number of para-hydroxylation sites is 1. The Morgan fingerprint density at radius 2 is 2.07 bits per heavy atom. The van der Waals surface area contributed by atoms with Gasteiger partial charge in [-0.2, -0.15) is 0 Å². The maximum Gasteiger partial charge on any atom is 0.246 e. The highest BCUT2D eigenvalue weighted by Crippen LogP contribution is 2.26. The zero-order chi connectivity index (χ0) is 19.6. The van der Waals surface area contributed by atoms with Gasteiger partial charge in [0.2, 0.25) is 5.91 Å². The molecular formula is C21H34N4O2. The molecule has 0 bridgehead atoms. The summed E-state index contributed by atoms with van der Waals surface area (Å²) in [6, 6.07) is 8.15. The van der Waals surface area contributed by atoms with Crippen LogP contribution in [0.4, 0.5) is 5.69 Å². The van der Waals surface area contributed by atoms with Crippen molar-refractivity contribution in [2.45, 2.75) is 46.1 Å². The van der Waals surface area contributed by atoms with Gasteiger partial charge in [-0.3, -0.25) is 9.79 Å². The first kappa shape index (κ1) is 21.2. The van der Waals surface area contributed by atoms with Gasteiger partial charge in [0.25, 0.3) is 0 Å². The van der Waals surface area contributed by atoms with Crippen LogP contribution in [0.1, 0.15) is 39.2 Å². The Bertz CT molecular complexity index is 630. The summed E-state index contributed by atoms with van der Waals surface area (Å²) in [6.07, 6.45) is 3.17. The second-order valence-electron chi connectivity index (χ2n) is 7.16. The number of fused-ring (bicyclic) bond motifs is 1. The van der Waals surface area contributed by atoms with E-state index in [-0.39, 0.29) is 18.6 Å². The van der Waals surface area contributed by atoms with E-state index in [1.54, 1.807) is 7.05 Å². The Morgan fingerprint density at radius 1 is 1.30 bits per heavy atom. The first-order chi connectivity index (χ1) is 13.1. The van der Waals surface area contributed by atoms with Gasteiger partial charge >= 0.3 is 0 Å². The highest BCUT2D eigenvalue weighted by Gasteiger charge is 2.22. The molecule has 1 aliphatic rings. The van der Waals surface area contributed by atoms with Gasteiger partial charge in [-0.15, -0.1) is 0 Å². The van der Waals surface area contributed by atoms with Crippen molar-refractivity contribution in [3.8, 4) is 0 Å². The van der Waals surface area contributed by atoms with E-state index < -0.39 is 0 Å². The summed E-state index contributed by atoms with van der Waals surface area (Å²) in [5, 5.41) is 6.42. The van der Waals surface area contributed by atoms with Crippen molar-refractivity contribution < 1.29 is 9.53 Å². The van der Waals surface area contributed by atoms with Crippen LogP contribution in [0.15, 0.2) is 29.3 Å². The van der Waals surface area contributed by atoms with E-state index >= 15 is 0 Å². The number of anilines is 1. The van der Waals surface area contributed by atoms with E-state index in [0.717, 1.165) is 44.6 Å². The summed E-state index contributed by atoms with van der Waals surface area (Å²) in [6.45, 7) is 8.84. The quantitative estimate of drug-likeness (QED) is 0.542. The molecule has 1 aromatic rings. The molecule has 0 saturated heterocycles. The lowest BCUT2D eigenvalue weighted by molar-refractivity contribution is -0.117. The molecule has 1 amide bonds. The Balaban J connectivity index is 1.81. The molecule has 1 atom stereocenters. The van der Waals surface area contributed by atoms with Gasteiger partial charge in [0.15, 0.2) is 5.96 Å². The largest absolute Gasteiger partial charge is 0.378 e. The van der Waals surface area contributed by atoms with Gasteiger partial charge in [-0.1, -0.05) is 32.0 Å². The molecule has 0 aliphatic carbocycles. The fourth-order valence-electron chi connectivity index (χ4n) is 3.42. The van der Waals surface area contributed by atoms with E-state index in [2.05, 4.69) is 35.5 Å². The number of carbonyl (C=O) groups excluding carboxylic acids is 1. The second kappa shape index (κ2) is 10.9.